The van der Waals surface area contributed by atoms with E-state index >= 15 is 0 Å². The number of carbonyl (C=O) groups is 2. The van der Waals surface area contributed by atoms with E-state index < -0.39 is 0 Å². The van der Waals surface area contributed by atoms with Gasteiger partial charge in [-0.3, -0.25) is 9.59 Å². The van der Waals surface area contributed by atoms with Crippen molar-refractivity contribution in [3.63, 3.8) is 0 Å². The average Bonchev–Trinajstić information content (AvgIpc) is 2.74. The second kappa shape index (κ2) is 10.8. The first-order chi connectivity index (χ1) is 13.2. The van der Waals surface area contributed by atoms with E-state index in [2.05, 4.69) is 10.6 Å². The lowest BCUT2D eigenvalue weighted by molar-refractivity contribution is -0.132. The molecule has 0 bridgehead atoms. The minimum Gasteiger partial charge on any atom is -0.345 e. The Labute approximate surface area is 172 Å². The number of amides is 2. The van der Waals surface area contributed by atoms with Crippen LogP contribution in [0.25, 0.3) is 0 Å². The number of rotatable bonds is 6. The molecule has 0 aliphatic carbocycles. The number of piperidine rings is 1. The summed E-state index contributed by atoms with van der Waals surface area (Å²) in [5.74, 6) is -0.0714. The molecule has 2 amide bonds. The Morgan fingerprint density at radius 2 is 1.57 bits per heavy atom. The maximum absolute atomic E-state index is 12.8. The summed E-state index contributed by atoms with van der Waals surface area (Å²) in [7, 11) is 1.96. The zero-order valence-corrected chi connectivity index (χ0v) is 17.0. The molecule has 0 saturated carbocycles. The van der Waals surface area contributed by atoms with Crippen LogP contribution in [-0.4, -0.2) is 42.9 Å². The quantitative estimate of drug-likeness (QED) is 0.781. The van der Waals surface area contributed by atoms with Gasteiger partial charge in [-0.2, -0.15) is 0 Å². The topological polar surface area (TPSA) is 61.4 Å². The number of nitrogens with zero attached hydrogens (tertiary/aromatic N) is 1. The first-order valence-electron chi connectivity index (χ1n) is 9.53. The van der Waals surface area contributed by atoms with Gasteiger partial charge >= 0.3 is 0 Å². The number of benzene rings is 2. The molecule has 0 aromatic heterocycles. The third-order valence-corrected chi connectivity index (χ3v) is 5.18. The van der Waals surface area contributed by atoms with Crippen LogP contribution in [0.2, 0.25) is 0 Å². The van der Waals surface area contributed by atoms with Gasteiger partial charge in [0, 0.05) is 24.7 Å². The summed E-state index contributed by atoms with van der Waals surface area (Å²) in [5.41, 5.74) is 1.54. The lowest BCUT2D eigenvalue weighted by Crippen LogP contribution is -2.45. The summed E-state index contributed by atoms with van der Waals surface area (Å²) < 4.78 is 0. The SMILES string of the molecule is CNC1CCN(C(=O)CC(NC(=O)c2ccccc2)c2ccccc2)CC1.Cl. The van der Waals surface area contributed by atoms with Gasteiger partial charge < -0.3 is 15.5 Å². The van der Waals surface area contributed by atoms with Crippen molar-refractivity contribution in [1.29, 1.82) is 0 Å². The molecule has 2 N–H and O–H groups in total. The molecule has 1 aliphatic heterocycles. The molecule has 2 aromatic carbocycles. The Kier molecular flexibility index (Phi) is 8.48. The highest BCUT2D eigenvalue weighted by Crippen LogP contribution is 2.20. The fraction of sp³-hybridized carbons (Fsp3) is 0.364. The van der Waals surface area contributed by atoms with E-state index in [9.17, 15) is 9.59 Å². The number of halogens is 1. The van der Waals surface area contributed by atoms with Gasteiger partial charge in [0.25, 0.3) is 5.91 Å². The molecule has 1 fully saturated rings. The standard InChI is InChI=1S/C22H27N3O2.ClH/c1-23-19-12-14-25(15-13-19)21(26)16-20(17-8-4-2-5-9-17)24-22(27)18-10-6-3-7-11-18;/h2-11,19-20,23H,12-16H2,1H3,(H,24,27);1H. The van der Waals surface area contributed by atoms with Gasteiger partial charge in [-0.05, 0) is 37.6 Å². The average molecular weight is 402 g/mol. The molecule has 28 heavy (non-hydrogen) atoms. The molecule has 6 heteroatoms. The largest absolute Gasteiger partial charge is 0.345 e. The minimum atomic E-state index is -0.339. The van der Waals surface area contributed by atoms with Crippen molar-refractivity contribution in [1.82, 2.24) is 15.5 Å². The first kappa shape index (κ1) is 21.9. The van der Waals surface area contributed by atoms with Crippen LogP contribution < -0.4 is 10.6 Å². The maximum Gasteiger partial charge on any atom is 0.251 e. The van der Waals surface area contributed by atoms with E-state index in [0.29, 0.717) is 11.6 Å². The molecule has 1 atom stereocenters. The van der Waals surface area contributed by atoms with E-state index in [0.717, 1.165) is 31.5 Å². The molecule has 1 saturated heterocycles. The fourth-order valence-electron chi connectivity index (χ4n) is 3.49. The second-order valence-electron chi connectivity index (χ2n) is 6.95. The van der Waals surface area contributed by atoms with Crippen molar-refractivity contribution in [2.75, 3.05) is 20.1 Å². The van der Waals surface area contributed by atoms with Crippen LogP contribution in [0.1, 0.15) is 41.2 Å². The van der Waals surface area contributed by atoms with Gasteiger partial charge in [-0.15, -0.1) is 12.4 Å². The summed E-state index contributed by atoms with van der Waals surface area (Å²) in [6, 6.07) is 19.0. The second-order valence-corrected chi connectivity index (χ2v) is 6.95. The Morgan fingerprint density at radius 3 is 2.14 bits per heavy atom. The number of nitrogens with one attached hydrogen (secondary N) is 2. The molecule has 150 valence electrons. The van der Waals surface area contributed by atoms with Crippen molar-refractivity contribution < 1.29 is 9.59 Å². The molecule has 1 unspecified atom stereocenters. The van der Waals surface area contributed by atoms with Gasteiger partial charge in [0.2, 0.25) is 5.91 Å². The van der Waals surface area contributed by atoms with Crippen LogP contribution in [0.4, 0.5) is 0 Å². The third kappa shape index (κ3) is 5.81. The number of likely N-dealkylation sites (tertiary alicyclic amines) is 1. The van der Waals surface area contributed by atoms with Crippen molar-refractivity contribution >= 4 is 24.2 Å². The first-order valence-corrected chi connectivity index (χ1v) is 9.53. The van der Waals surface area contributed by atoms with E-state index in [1.807, 2.05) is 60.5 Å². The Balaban J connectivity index is 0.00000280. The Hall–Kier alpha value is -2.37. The zero-order chi connectivity index (χ0) is 19.1. The van der Waals surface area contributed by atoms with Crippen molar-refractivity contribution in [2.24, 2.45) is 0 Å². The predicted molar refractivity (Wildman–Crippen MR) is 114 cm³/mol. The van der Waals surface area contributed by atoms with E-state index in [1.54, 1.807) is 12.1 Å². The monoisotopic (exact) mass is 401 g/mol. The Morgan fingerprint density at radius 1 is 1.00 bits per heavy atom. The molecular weight excluding hydrogens is 374 g/mol. The van der Waals surface area contributed by atoms with E-state index in [4.69, 9.17) is 0 Å². The molecule has 3 rings (SSSR count). The predicted octanol–water partition coefficient (Wildman–Crippen LogP) is 3.18. The molecule has 0 spiro atoms. The third-order valence-electron chi connectivity index (χ3n) is 5.18. The summed E-state index contributed by atoms with van der Waals surface area (Å²) in [6.07, 6.45) is 2.20. The van der Waals surface area contributed by atoms with Crippen LogP contribution >= 0.6 is 12.4 Å². The smallest absolute Gasteiger partial charge is 0.251 e. The highest BCUT2D eigenvalue weighted by atomic mass is 35.5. The molecule has 1 heterocycles. The van der Waals surface area contributed by atoms with Gasteiger partial charge in [-0.1, -0.05) is 48.5 Å². The van der Waals surface area contributed by atoms with Gasteiger partial charge in [0.05, 0.1) is 12.5 Å². The summed E-state index contributed by atoms with van der Waals surface area (Å²) in [6.45, 7) is 1.52. The maximum atomic E-state index is 12.8. The Bertz CT molecular complexity index is 747. The van der Waals surface area contributed by atoms with Crippen molar-refractivity contribution in [3.05, 3.63) is 71.8 Å². The van der Waals surface area contributed by atoms with Crippen LogP contribution in [0, 0.1) is 0 Å². The lowest BCUT2D eigenvalue weighted by atomic mass is 10.0. The molecule has 5 nitrogen and oxygen atoms in total. The van der Waals surface area contributed by atoms with E-state index in [-0.39, 0.29) is 36.7 Å². The summed E-state index contributed by atoms with van der Waals surface area (Å²) in [5, 5.41) is 6.32. The molecule has 1 aliphatic rings. The molecule has 2 aromatic rings. The number of hydrogen-bond acceptors (Lipinski definition) is 3. The zero-order valence-electron chi connectivity index (χ0n) is 16.1. The van der Waals surface area contributed by atoms with Gasteiger partial charge in [-0.25, -0.2) is 0 Å². The number of carbonyl (C=O) groups excluding carboxylic acids is 2. The molecule has 0 radical (unpaired) electrons. The van der Waals surface area contributed by atoms with Crippen LogP contribution in [0.15, 0.2) is 60.7 Å². The van der Waals surface area contributed by atoms with Gasteiger partial charge in [0.15, 0.2) is 0 Å². The highest BCUT2D eigenvalue weighted by molar-refractivity contribution is 5.94. The van der Waals surface area contributed by atoms with Crippen LogP contribution in [-0.2, 0) is 4.79 Å². The van der Waals surface area contributed by atoms with Gasteiger partial charge in [0.1, 0.15) is 0 Å². The minimum absolute atomic E-state index is 0. The van der Waals surface area contributed by atoms with Crippen molar-refractivity contribution in [2.45, 2.75) is 31.3 Å². The fourth-order valence-corrected chi connectivity index (χ4v) is 3.49. The number of hydrogen-bond donors (Lipinski definition) is 2. The summed E-state index contributed by atoms with van der Waals surface area (Å²) in [4.78, 5) is 27.4. The highest BCUT2D eigenvalue weighted by Gasteiger charge is 2.25. The van der Waals surface area contributed by atoms with Crippen LogP contribution in [0.5, 0.6) is 0 Å². The van der Waals surface area contributed by atoms with Crippen molar-refractivity contribution in [3.8, 4) is 0 Å². The van der Waals surface area contributed by atoms with Crippen LogP contribution in [0.3, 0.4) is 0 Å². The lowest BCUT2D eigenvalue weighted by Gasteiger charge is -2.33. The van der Waals surface area contributed by atoms with E-state index in [1.165, 1.54) is 0 Å². The normalized spacial score (nSPS) is 15.4. The summed E-state index contributed by atoms with van der Waals surface area (Å²) >= 11 is 0. The molecular formula is C22H28ClN3O2.